The highest BCUT2D eigenvalue weighted by Crippen LogP contribution is 2.22. The number of rotatable bonds is 4. The molecule has 3 rings (SSSR count). The van der Waals surface area contributed by atoms with Gasteiger partial charge in [-0.3, -0.25) is 9.48 Å². The predicted molar refractivity (Wildman–Crippen MR) is 79.1 cm³/mol. The zero-order valence-electron chi connectivity index (χ0n) is 11.7. The van der Waals surface area contributed by atoms with E-state index in [4.69, 9.17) is 16.1 Å². The molecule has 1 aromatic carbocycles. The molecular formula is C14H12ClN5O2. The minimum absolute atomic E-state index is 0.208. The van der Waals surface area contributed by atoms with E-state index in [1.54, 1.807) is 48.3 Å². The summed E-state index contributed by atoms with van der Waals surface area (Å²) in [5.74, 6) is 0.175. The quantitative estimate of drug-likeness (QED) is 0.796. The molecule has 1 amide bonds. The van der Waals surface area contributed by atoms with Crippen LogP contribution in [-0.4, -0.2) is 26.1 Å². The Labute approximate surface area is 130 Å². The monoisotopic (exact) mass is 317 g/mol. The van der Waals surface area contributed by atoms with Crippen molar-refractivity contribution in [3.8, 4) is 11.3 Å². The summed E-state index contributed by atoms with van der Waals surface area (Å²) in [6.45, 7) is 0.311. The molecule has 2 aromatic heterocycles. The van der Waals surface area contributed by atoms with Crippen LogP contribution in [0.1, 0.15) is 16.2 Å². The van der Waals surface area contributed by atoms with Crippen molar-refractivity contribution in [3.63, 3.8) is 0 Å². The maximum absolute atomic E-state index is 12.0. The lowest BCUT2D eigenvalue weighted by Crippen LogP contribution is -2.24. The van der Waals surface area contributed by atoms with Crippen LogP contribution in [0.15, 0.2) is 41.1 Å². The van der Waals surface area contributed by atoms with Crippen LogP contribution in [0.25, 0.3) is 11.3 Å². The number of carbonyl (C=O) groups excluding carboxylic acids is 1. The van der Waals surface area contributed by atoms with E-state index in [1.165, 1.54) is 0 Å². The van der Waals surface area contributed by atoms with Crippen LogP contribution in [0.5, 0.6) is 0 Å². The molecule has 8 heteroatoms. The van der Waals surface area contributed by atoms with Crippen LogP contribution in [0, 0.1) is 0 Å². The smallest absolute Gasteiger partial charge is 0.273 e. The molecule has 3 aromatic rings. The summed E-state index contributed by atoms with van der Waals surface area (Å²) in [6.07, 6.45) is 1.59. The minimum atomic E-state index is -0.329. The van der Waals surface area contributed by atoms with Crippen LogP contribution in [0.4, 0.5) is 0 Å². The first-order valence-corrected chi connectivity index (χ1v) is 6.85. The molecule has 0 fully saturated rings. The Morgan fingerprint density at radius 2 is 2.14 bits per heavy atom. The SMILES string of the molecule is Cn1nncc1CNC(=O)c1cc(-c2ccc(Cl)cc2)on1. The van der Waals surface area contributed by atoms with Gasteiger partial charge in [-0.15, -0.1) is 5.10 Å². The van der Waals surface area contributed by atoms with Gasteiger partial charge in [0.05, 0.1) is 18.4 Å². The Morgan fingerprint density at radius 3 is 2.82 bits per heavy atom. The van der Waals surface area contributed by atoms with E-state index >= 15 is 0 Å². The van der Waals surface area contributed by atoms with Gasteiger partial charge in [0, 0.05) is 23.7 Å². The van der Waals surface area contributed by atoms with Gasteiger partial charge in [-0.05, 0) is 24.3 Å². The number of nitrogens with zero attached hydrogens (tertiary/aromatic N) is 4. The summed E-state index contributed by atoms with van der Waals surface area (Å²) < 4.78 is 6.77. The predicted octanol–water partition coefficient (Wildman–Crippen LogP) is 2.05. The average molecular weight is 318 g/mol. The fourth-order valence-corrected chi connectivity index (χ4v) is 1.99. The molecule has 2 heterocycles. The van der Waals surface area contributed by atoms with Crippen molar-refractivity contribution in [1.29, 1.82) is 0 Å². The molecule has 0 aliphatic heterocycles. The van der Waals surface area contributed by atoms with Crippen molar-refractivity contribution >= 4 is 17.5 Å². The third-order valence-electron chi connectivity index (χ3n) is 3.11. The van der Waals surface area contributed by atoms with E-state index in [-0.39, 0.29) is 11.6 Å². The molecule has 1 N–H and O–H groups in total. The third kappa shape index (κ3) is 2.99. The van der Waals surface area contributed by atoms with Gasteiger partial charge in [0.2, 0.25) is 0 Å². The Balaban J connectivity index is 1.69. The largest absolute Gasteiger partial charge is 0.355 e. The molecular weight excluding hydrogens is 306 g/mol. The van der Waals surface area contributed by atoms with Gasteiger partial charge < -0.3 is 9.84 Å². The third-order valence-corrected chi connectivity index (χ3v) is 3.36. The standard InChI is InChI=1S/C14H12ClN5O2/c1-20-11(8-17-19-20)7-16-14(21)12-6-13(22-18-12)9-2-4-10(15)5-3-9/h2-6,8H,7H2,1H3,(H,16,21). The molecule has 0 aliphatic rings. The second-order valence-electron chi connectivity index (χ2n) is 4.61. The summed E-state index contributed by atoms with van der Waals surface area (Å²) in [6, 6.07) is 8.67. The summed E-state index contributed by atoms with van der Waals surface area (Å²) >= 11 is 5.84. The molecule has 0 spiro atoms. The highest BCUT2D eigenvalue weighted by atomic mass is 35.5. The van der Waals surface area contributed by atoms with Gasteiger partial charge in [-0.25, -0.2) is 0 Å². The highest BCUT2D eigenvalue weighted by Gasteiger charge is 2.14. The average Bonchev–Trinajstić information content (AvgIpc) is 3.15. The number of hydrogen-bond donors (Lipinski definition) is 1. The molecule has 0 unspecified atom stereocenters. The van der Waals surface area contributed by atoms with Crippen molar-refractivity contribution in [2.75, 3.05) is 0 Å². The molecule has 0 aliphatic carbocycles. The van der Waals surface area contributed by atoms with Crippen molar-refractivity contribution < 1.29 is 9.32 Å². The van der Waals surface area contributed by atoms with E-state index in [0.717, 1.165) is 11.3 Å². The minimum Gasteiger partial charge on any atom is -0.355 e. The second kappa shape index (κ2) is 5.98. The normalized spacial score (nSPS) is 10.6. The molecule has 0 saturated heterocycles. The molecule has 0 bridgehead atoms. The lowest BCUT2D eigenvalue weighted by Gasteiger charge is -2.01. The van der Waals surface area contributed by atoms with Gasteiger partial charge >= 0.3 is 0 Å². The van der Waals surface area contributed by atoms with Crippen LogP contribution in [0.3, 0.4) is 0 Å². The van der Waals surface area contributed by atoms with Crippen molar-refractivity contribution in [2.45, 2.75) is 6.54 Å². The number of benzene rings is 1. The fourth-order valence-electron chi connectivity index (χ4n) is 1.86. The number of aromatic nitrogens is 4. The van der Waals surface area contributed by atoms with E-state index < -0.39 is 0 Å². The first-order chi connectivity index (χ1) is 10.6. The summed E-state index contributed by atoms with van der Waals surface area (Å²) in [5, 5.41) is 14.7. The summed E-state index contributed by atoms with van der Waals surface area (Å²) in [7, 11) is 1.75. The number of hydrogen-bond acceptors (Lipinski definition) is 5. The van der Waals surface area contributed by atoms with Crippen molar-refractivity contribution in [1.82, 2.24) is 25.5 Å². The van der Waals surface area contributed by atoms with Crippen LogP contribution < -0.4 is 5.32 Å². The van der Waals surface area contributed by atoms with Crippen molar-refractivity contribution in [3.05, 3.63) is 52.9 Å². The van der Waals surface area contributed by atoms with Crippen molar-refractivity contribution in [2.24, 2.45) is 7.05 Å². The van der Waals surface area contributed by atoms with Gasteiger partial charge in [0.1, 0.15) is 0 Å². The highest BCUT2D eigenvalue weighted by molar-refractivity contribution is 6.30. The Morgan fingerprint density at radius 1 is 1.36 bits per heavy atom. The van der Waals surface area contributed by atoms with Gasteiger partial charge in [0.25, 0.3) is 5.91 Å². The van der Waals surface area contributed by atoms with E-state index in [0.29, 0.717) is 17.3 Å². The maximum Gasteiger partial charge on any atom is 0.273 e. The maximum atomic E-state index is 12.0. The van der Waals surface area contributed by atoms with E-state index in [2.05, 4.69) is 20.8 Å². The number of amides is 1. The van der Waals surface area contributed by atoms with Crippen LogP contribution in [0.2, 0.25) is 5.02 Å². The summed E-state index contributed by atoms with van der Waals surface area (Å²) in [4.78, 5) is 12.0. The first-order valence-electron chi connectivity index (χ1n) is 6.48. The van der Waals surface area contributed by atoms with E-state index in [1.807, 2.05) is 0 Å². The zero-order chi connectivity index (χ0) is 15.5. The van der Waals surface area contributed by atoms with Crippen LogP contribution in [-0.2, 0) is 13.6 Å². The van der Waals surface area contributed by atoms with Crippen LogP contribution >= 0.6 is 11.6 Å². The molecule has 112 valence electrons. The Hall–Kier alpha value is -2.67. The molecule has 7 nitrogen and oxygen atoms in total. The lowest BCUT2D eigenvalue weighted by atomic mass is 10.1. The molecule has 22 heavy (non-hydrogen) atoms. The Bertz CT molecular complexity index is 794. The second-order valence-corrected chi connectivity index (χ2v) is 5.05. The number of halogens is 1. The topological polar surface area (TPSA) is 85.8 Å². The number of aryl methyl sites for hydroxylation is 1. The molecule has 0 radical (unpaired) electrons. The number of carbonyl (C=O) groups is 1. The van der Waals surface area contributed by atoms with Gasteiger partial charge in [0.15, 0.2) is 11.5 Å². The fraction of sp³-hybridized carbons (Fsp3) is 0.143. The zero-order valence-corrected chi connectivity index (χ0v) is 12.4. The van der Waals surface area contributed by atoms with E-state index in [9.17, 15) is 4.79 Å². The Kier molecular flexibility index (Phi) is 3.88. The number of nitrogens with one attached hydrogen (secondary N) is 1. The lowest BCUT2D eigenvalue weighted by molar-refractivity contribution is 0.0941. The molecule has 0 saturated carbocycles. The van der Waals surface area contributed by atoms with Gasteiger partial charge in [-0.1, -0.05) is 22.0 Å². The molecule has 0 atom stereocenters. The van der Waals surface area contributed by atoms with Gasteiger partial charge in [-0.2, -0.15) is 0 Å². The first kappa shape index (κ1) is 14.3. The summed E-state index contributed by atoms with van der Waals surface area (Å²) in [5.41, 5.74) is 1.79.